The van der Waals surface area contributed by atoms with Crippen molar-refractivity contribution in [2.24, 2.45) is 10.7 Å². The second kappa shape index (κ2) is 8.38. The van der Waals surface area contributed by atoms with Crippen LogP contribution >= 0.6 is 0 Å². The molecule has 1 amide bonds. The molecule has 2 heterocycles. The minimum atomic E-state index is -4.20. The van der Waals surface area contributed by atoms with Gasteiger partial charge in [-0.2, -0.15) is 8.42 Å². The second-order valence-corrected chi connectivity index (χ2v) is 9.76. The Balaban J connectivity index is 1.87. The van der Waals surface area contributed by atoms with Gasteiger partial charge >= 0.3 is 0 Å². The monoisotopic (exact) mass is 465 g/mol. The third kappa shape index (κ3) is 4.10. The van der Waals surface area contributed by atoms with Crippen molar-refractivity contribution in [3.63, 3.8) is 0 Å². The Kier molecular flexibility index (Phi) is 5.73. The molecule has 1 aromatic heterocycles. The van der Waals surface area contributed by atoms with E-state index in [-0.39, 0.29) is 18.3 Å². The van der Waals surface area contributed by atoms with Crippen LogP contribution in [0.3, 0.4) is 0 Å². The van der Waals surface area contributed by atoms with Crippen molar-refractivity contribution in [1.82, 2.24) is 14.9 Å². The first-order valence-electron chi connectivity index (χ1n) is 10.2. The molecule has 10 heteroatoms. The van der Waals surface area contributed by atoms with E-state index in [1.807, 2.05) is 6.07 Å². The molecule has 170 valence electrons. The third-order valence-corrected chi connectivity index (χ3v) is 6.90. The highest BCUT2D eigenvalue weighted by molar-refractivity contribution is 7.86. The second-order valence-electron chi connectivity index (χ2n) is 7.93. The van der Waals surface area contributed by atoms with Crippen LogP contribution in [0, 0.1) is 0 Å². The van der Waals surface area contributed by atoms with E-state index in [0.717, 1.165) is 0 Å². The van der Waals surface area contributed by atoms with Crippen molar-refractivity contribution in [1.29, 1.82) is 0 Å². The van der Waals surface area contributed by atoms with Crippen LogP contribution in [0.2, 0.25) is 0 Å². The van der Waals surface area contributed by atoms with Crippen molar-refractivity contribution in [2.75, 3.05) is 7.05 Å². The first kappa shape index (κ1) is 22.6. The summed E-state index contributed by atoms with van der Waals surface area (Å²) >= 11 is 0. The zero-order chi connectivity index (χ0) is 23.8. The molecule has 4 rings (SSSR count). The van der Waals surface area contributed by atoms with Crippen LogP contribution in [0.15, 0.2) is 72.0 Å². The van der Waals surface area contributed by atoms with Crippen LogP contribution in [0.5, 0.6) is 0 Å². The number of rotatable bonds is 6. The molecular formula is C23H23N5O4S. The Bertz CT molecular complexity index is 1340. The van der Waals surface area contributed by atoms with E-state index in [1.54, 1.807) is 68.0 Å². The maximum Gasteiger partial charge on any atom is 0.267 e. The van der Waals surface area contributed by atoms with Crippen LogP contribution in [0.1, 0.15) is 23.6 Å². The van der Waals surface area contributed by atoms with E-state index in [0.29, 0.717) is 28.1 Å². The lowest BCUT2D eigenvalue weighted by atomic mass is 9.81. The minimum Gasteiger partial charge on any atom is -0.369 e. The lowest BCUT2D eigenvalue weighted by Crippen LogP contribution is -2.41. The number of nitrogens with zero attached hydrogens (tertiary/aromatic N) is 4. The quantitative estimate of drug-likeness (QED) is 0.531. The molecule has 9 nitrogen and oxygen atoms in total. The maximum atomic E-state index is 13.5. The van der Waals surface area contributed by atoms with Crippen LogP contribution < -0.4 is 5.73 Å². The molecule has 1 aliphatic heterocycles. The van der Waals surface area contributed by atoms with E-state index in [1.165, 1.54) is 11.8 Å². The van der Waals surface area contributed by atoms with E-state index >= 15 is 0 Å². The predicted octanol–water partition coefficient (Wildman–Crippen LogP) is 1.99. The summed E-state index contributed by atoms with van der Waals surface area (Å²) in [6.45, 7) is 1.42. The molecule has 3 aromatic rings. The van der Waals surface area contributed by atoms with Gasteiger partial charge in [0.1, 0.15) is 0 Å². The van der Waals surface area contributed by atoms with Gasteiger partial charge in [0.05, 0.1) is 5.25 Å². The number of aliphatic imine (C=N–C) groups is 1. The third-order valence-electron chi connectivity index (χ3n) is 5.72. The highest BCUT2D eigenvalue weighted by atomic mass is 32.2. The number of nitrogens with two attached hydrogens (primary N) is 1. The number of aromatic nitrogens is 2. The zero-order valence-corrected chi connectivity index (χ0v) is 18.9. The Morgan fingerprint density at radius 1 is 1.06 bits per heavy atom. The zero-order valence-electron chi connectivity index (χ0n) is 18.1. The number of carbonyl (C=O) groups is 1. The van der Waals surface area contributed by atoms with E-state index in [9.17, 15) is 17.8 Å². The Morgan fingerprint density at radius 2 is 1.70 bits per heavy atom. The molecule has 0 aliphatic carbocycles. The lowest BCUT2D eigenvalue weighted by Gasteiger charge is -2.27. The fourth-order valence-corrected chi connectivity index (χ4v) is 4.28. The molecule has 2 aromatic carbocycles. The minimum absolute atomic E-state index is 0.0677. The molecule has 0 radical (unpaired) electrons. The first-order chi connectivity index (χ1) is 15.6. The van der Waals surface area contributed by atoms with Gasteiger partial charge in [0.2, 0.25) is 0 Å². The summed E-state index contributed by atoms with van der Waals surface area (Å²) in [7, 11) is -2.65. The molecule has 1 aliphatic rings. The number of hydrogen-bond acceptors (Lipinski definition) is 7. The number of likely N-dealkylation sites (N-methyl/N-ethyl adjacent to an activating group) is 1. The average Bonchev–Trinajstić information content (AvgIpc) is 3.04. The van der Waals surface area contributed by atoms with Crippen LogP contribution in [0.25, 0.3) is 11.4 Å². The molecule has 2 atom stereocenters. The van der Waals surface area contributed by atoms with Crippen LogP contribution in [-0.2, 0) is 26.9 Å². The standard InChI is InChI=1S/C23H23N5O4S/c1-15(33(30,31)32)12-16-6-3-8-18(13-16)23(21(29)28(2)22(24)27-23)19-9-4-7-17(14-19)20-25-10-5-11-26-20/h3-11,13-15H,12H2,1-2H3,(H2,24,27)(H,30,31,32). The van der Waals surface area contributed by atoms with Crippen LogP contribution in [0.4, 0.5) is 0 Å². The summed E-state index contributed by atoms with van der Waals surface area (Å²) in [5, 5.41) is -1.00. The fourth-order valence-electron chi connectivity index (χ4n) is 3.88. The molecule has 0 saturated carbocycles. The van der Waals surface area contributed by atoms with Crippen molar-refractivity contribution >= 4 is 22.0 Å². The molecule has 33 heavy (non-hydrogen) atoms. The highest BCUT2D eigenvalue weighted by Gasteiger charge is 2.49. The van der Waals surface area contributed by atoms with Crippen LogP contribution in [-0.4, -0.2) is 52.0 Å². The number of amides is 1. The fraction of sp³-hybridized carbons (Fsp3) is 0.217. The topological polar surface area (TPSA) is 139 Å². The van der Waals surface area contributed by atoms with Gasteiger partial charge in [-0.05, 0) is 42.2 Å². The van der Waals surface area contributed by atoms with Crippen molar-refractivity contribution in [3.05, 3.63) is 83.7 Å². The number of guanidine groups is 1. The Hall–Kier alpha value is -3.63. The molecule has 2 unspecified atom stereocenters. The van der Waals surface area contributed by atoms with E-state index in [4.69, 9.17) is 5.73 Å². The van der Waals surface area contributed by atoms with Crippen molar-refractivity contribution in [3.8, 4) is 11.4 Å². The summed E-state index contributed by atoms with van der Waals surface area (Å²) in [5.41, 5.74) is 7.05. The maximum absolute atomic E-state index is 13.5. The Labute approximate surface area is 191 Å². The van der Waals surface area contributed by atoms with Gasteiger partial charge in [-0.15, -0.1) is 0 Å². The molecule has 0 spiro atoms. The molecule has 3 N–H and O–H groups in total. The van der Waals surface area contributed by atoms with Crippen molar-refractivity contribution in [2.45, 2.75) is 24.1 Å². The summed E-state index contributed by atoms with van der Waals surface area (Å²) in [6, 6.07) is 15.9. The smallest absolute Gasteiger partial charge is 0.267 e. The largest absolute Gasteiger partial charge is 0.369 e. The first-order valence-corrected chi connectivity index (χ1v) is 11.7. The summed E-state index contributed by atoms with van der Waals surface area (Å²) in [6.07, 6.45) is 3.34. The lowest BCUT2D eigenvalue weighted by molar-refractivity contribution is -0.129. The number of hydrogen-bond donors (Lipinski definition) is 2. The van der Waals surface area contributed by atoms with Gasteiger partial charge in [0, 0.05) is 25.0 Å². The van der Waals surface area contributed by atoms with E-state index < -0.39 is 20.9 Å². The number of benzene rings is 2. The summed E-state index contributed by atoms with van der Waals surface area (Å²) in [4.78, 5) is 28.0. The van der Waals surface area contributed by atoms with Crippen molar-refractivity contribution < 1.29 is 17.8 Å². The Morgan fingerprint density at radius 3 is 2.30 bits per heavy atom. The molecule has 0 fully saturated rings. The van der Waals surface area contributed by atoms with Gasteiger partial charge in [-0.3, -0.25) is 14.2 Å². The average molecular weight is 466 g/mol. The SMILES string of the molecule is CC(Cc1cccc(C2(c3cccc(-c4ncccn4)c3)N=C(N)N(C)C2=O)c1)S(=O)(=O)O. The molecule has 0 saturated heterocycles. The predicted molar refractivity (Wildman–Crippen MR) is 124 cm³/mol. The summed E-state index contributed by atoms with van der Waals surface area (Å²) < 4.78 is 32.4. The highest BCUT2D eigenvalue weighted by Crippen LogP contribution is 2.40. The summed E-state index contributed by atoms with van der Waals surface area (Å²) in [5.74, 6) is 0.227. The van der Waals surface area contributed by atoms with Gasteiger partial charge < -0.3 is 5.73 Å². The van der Waals surface area contributed by atoms with E-state index in [2.05, 4.69) is 15.0 Å². The van der Waals surface area contributed by atoms with Gasteiger partial charge in [-0.25, -0.2) is 15.0 Å². The molecular weight excluding hydrogens is 442 g/mol. The van der Waals surface area contributed by atoms with Gasteiger partial charge in [0.25, 0.3) is 16.0 Å². The number of carbonyl (C=O) groups excluding carboxylic acids is 1. The molecule has 0 bridgehead atoms. The van der Waals surface area contributed by atoms with Gasteiger partial charge in [-0.1, -0.05) is 42.5 Å². The normalized spacial score (nSPS) is 19.4. The van der Waals surface area contributed by atoms with Gasteiger partial charge in [0.15, 0.2) is 17.3 Å².